The number of rotatable bonds is 2. The highest BCUT2D eigenvalue weighted by Crippen LogP contribution is 2.16. The summed E-state index contributed by atoms with van der Waals surface area (Å²) in [4.78, 5) is 13.2. The third kappa shape index (κ3) is 7.29. The van der Waals surface area contributed by atoms with E-state index in [4.69, 9.17) is 0 Å². The van der Waals surface area contributed by atoms with Crippen molar-refractivity contribution in [1.82, 2.24) is 10.2 Å². The summed E-state index contributed by atoms with van der Waals surface area (Å²) in [7, 11) is 1.78. The lowest BCUT2D eigenvalue weighted by Crippen LogP contribution is -2.34. The fraction of sp³-hybridized carbons (Fsp3) is 0.438. The predicted octanol–water partition coefficient (Wildman–Crippen LogP) is 4.27. The minimum atomic E-state index is -0.0874. The number of carbonyl (C=O) groups is 1. The van der Waals surface area contributed by atoms with Gasteiger partial charge >= 0.3 is 6.03 Å². The third-order valence-electron chi connectivity index (χ3n) is 2.25. The summed E-state index contributed by atoms with van der Waals surface area (Å²) in [5.41, 5.74) is 1.88. The molecule has 0 atom stereocenters. The van der Waals surface area contributed by atoms with Crippen LogP contribution in [0.1, 0.15) is 34.1 Å². The number of hydrogen-bond acceptors (Lipinski definition) is 1. The van der Waals surface area contributed by atoms with Crippen molar-refractivity contribution in [3.05, 3.63) is 48.7 Å². The van der Waals surface area contributed by atoms with Crippen LogP contribution in [0, 0.1) is 0 Å². The first-order valence-electron chi connectivity index (χ1n) is 6.86. The molecule has 0 unspecified atom stereocenters. The quantitative estimate of drug-likeness (QED) is 0.794. The van der Waals surface area contributed by atoms with Crippen LogP contribution < -0.4 is 5.32 Å². The zero-order valence-corrected chi connectivity index (χ0v) is 13.0. The van der Waals surface area contributed by atoms with Crippen LogP contribution in [0.15, 0.2) is 48.7 Å². The molecule has 108 valence electrons. The molecular weight excluding hydrogens is 236 g/mol. The number of urea groups is 1. The molecule has 19 heavy (non-hydrogen) atoms. The molecule has 0 aromatic heterocycles. The molecule has 2 amide bonds. The molecule has 0 aromatic rings. The molecule has 0 saturated carbocycles. The second kappa shape index (κ2) is 12.7. The molecule has 1 aliphatic rings. The number of nitrogens with one attached hydrogen (secondary N) is 1. The Morgan fingerprint density at radius 3 is 2.11 bits per heavy atom. The van der Waals surface area contributed by atoms with Crippen LogP contribution in [0.2, 0.25) is 0 Å². The van der Waals surface area contributed by atoms with Crippen molar-refractivity contribution in [1.29, 1.82) is 0 Å². The Balaban J connectivity index is 0. The first-order chi connectivity index (χ1) is 9.19. The largest absolute Gasteiger partial charge is 0.327 e. The minimum absolute atomic E-state index is 0.0874. The summed E-state index contributed by atoms with van der Waals surface area (Å²) < 4.78 is 0. The number of nitrogens with zero attached hydrogens (tertiary/aromatic N) is 1. The maximum absolute atomic E-state index is 11.5. The van der Waals surface area contributed by atoms with E-state index in [2.05, 4.69) is 18.5 Å². The van der Waals surface area contributed by atoms with Crippen molar-refractivity contribution in [2.75, 3.05) is 13.6 Å². The highest BCUT2D eigenvalue weighted by Gasteiger charge is 2.17. The Bertz CT molecular complexity index is 341. The van der Waals surface area contributed by atoms with E-state index in [1.54, 1.807) is 30.2 Å². The predicted molar refractivity (Wildman–Crippen MR) is 85.0 cm³/mol. The highest BCUT2D eigenvalue weighted by molar-refractivity contribution is 5.77. The van der Waals surface area contributed by atoms with Crippen LogP contribution in [-0.4, -0.2) is 24.5 Å². The first-order valence-corrected chi connectivity index (χ1v) is 6.86. The molecule has 3 nitrogen and oxygen atoms in total. The van der Waals surface area contributed by atoms with E-state index < -0.39 is 0 Å². The molecule has 0 spiro atoms. The van der Waals surface area contributed by atoms with Crippen LogP contribution in [0.3, 0.4) is 0 Å². The van der Waals surface area contributed by atoms with E-state index in [0.29, 0.717) is 6.54 Å². The zero-order chi connectivity index (χ0) is 15.3. The van der Waals surface area contributed by atoms with Gasteiger partial charge in [-0.3, -0.25) is 0 Å². The van der Waals surface area contributed by atoms with Gasteiger partial charge < -0.3 is 10.2 Å². The van der Waals surface area contributed by atoms with Crippen molar-refractivity contribution in [2.24, 2.45) is 0 Å². The second-order valence-corrected chi connectivity index (χ2v) is 3.35. The van der Waals surface area contributed by atoms with E-state index in [0.717, 1.165) is 17.7 Å². The number of allylic oxidation sites excluding steroid dienone is 5. The van der Waals surface area contributed by atoms with Gasteiger partial charge in [-0.1, -0.05) is 59.1 Å². The van der Waals surface area contributed by atoms with Gasteiger partial charge in [0.05, 0.1) is 0 Å². The normalized spacial score (nSPS) is 18.4. The van der Waals surface area contributed by atoms with Crippen molar-refractivity contribution < 1.29 is 4.79 Å². The molecule has 1 fully saturated rings. The average molecular weight is 264 g/mol. The first kappa shape index (κ1) is 19.6. The summed E-state index contributed by atoms with van der Waals surface area (Å²) in [6.07, 6.45) is 7.92. The summed E-state index contributed by atoms with van der Waals surface area (Å²) >= 11 is 0. The third-order valence-corrected chi connectivity index (χ3v) is 2.25. The Morgan fingerprint density at radius 1 is 1.11 bits per heavy atom. The fourth-order valence-corrected chi connectivity index (χ4v) is 1.40. The fourth-order valence-electron chi connectivity index (χ4n) is 1.40. The van der Waals surface area contributed by atoms with Crippen LogP contribution >= 0.6 is 0 Å². The lowest BCUT2D eigenvalue weighted by atomic mass is 10.1. The number of carbonyl (C=O) groups excluding carboxylic acids is 1. The topological polar surface area (TPSA) is 32.3 Å². The Labute approximate surface area is 118 Å². The standard InChI is InChI=1S/C12H16N2O.2C2H6/c1-4-6-10-8-9-14(3)12(15)13-11(10)7-5-2;2*1-2/h4-7H,1-2,8-9H2,3H3,(H,13,15);2*1-2H3/b10-6-,11-7+;;. The number of amides is 2. The van der Waals surface area contributed by atoms with Gasteiger partial charge in [0.15, 0.2) is 0 Å². The Morgan fingerprint density at radius 2 is 1.63 bits per heavy atom. The molecule has 0 radical (unpaired) electrons. The van der Waals surface area contributed by atoms with Crippen molar-refractivity contribution in [2.45, 2.75) is 34.1 Å². The number of hydrogen-bond donors (Lipinski definition) is 1. The molecule has 1 aliphatic heterocycles. The highest BCUT2D eigenvalue weighted by atomic mass is 16.2. The average Bonchev–Trinajstić information content (AvgIpc) is 2.58. The minimum Gasteiger partial charge on any atom is -0.327 e. The van der Waals surface area contributed by atoms with Crippen LogP contribution in [-0.2, 0) is 0 Å². The SMILES string of the molecule is C=C/C=C1/CCN(C)C(=O)N/C1=C/C=C.CC.CC. The molecule has 1 heterocycles. The van der Waals surface area contributed by atoms with E-state index >= 15 is 0 Å². The van der Waals surface area contributed by atoms with Crippen LogP contribution in [0.5, 0.6) is 0 Å². The van der Waals surface area contributed by atoms with Gasteiger partial charge in [-0.25, -0.2) is 4.79 Å². The lowest BCUT2D eigenvalue weighted by Gasteiger charge is -2.12. The molecule has 3 heteroatoms. The Kier molecular flexibility index (Phi) is 13.1. The van der Waals surface area contributed by atoms with Gasteiger partial charge in [-0.05, 0) is 18.1 Å². The summed E-state index contributed by atoms with van der Waals surface area (Å²) in [6.45, 7) is 16.0. The monoisotopic (exact) mass is 264 g/mol. The molecule has 0 aromatic carbocycles. The van der Waals surface area contributed by atoms with Crippen molar-refractivity contribution in [3.63, 3.8) is 0 Å². The van der Waals surface area contributed by atoms with E-state index in [1.807, 2.05) is 33.8 Å². The maximum Gasteiger partial charge on any atom is 0.321 e. The van der Waals surface area contributed by atoms with E-state index in [1.165, 1.54) is 0 Å². The van der Waals surface area contributed by atoms with Crippen molar-refractivity contribution in [3.8, 4) is 0 Å². The van der Waals surface area contributed by atoms with Gasteiger partial charge in [-0.2, -0.15) is 0 Å². The summed E-state index contributed by atoms with van der Waals surface area (Å²) in [5.74, 6) is 0. The molecule has 1 rings (SSSR count). The van der Waals surface area contributed by atoms with E-state index in [9.17, 15) is 4.79 Å². The smallest absolute Gasteiger partial charge is 0.321 e. The maximum atomic E-state index is 11.5. The van der Waals surface area contributed by atoms with Gasteiger partial charge in [0.1, 0.15) is 0 Å². The van der Waals surface area contributed by atoms with Crippen molar-refractivity contribution >= 4 is 6.03 Å². The van der Waals surface area contributed by atoms with Gasteiger partial charge in [0.25, 0.3) is 0 Å². The van der Waals surface area contributed by atoms with E-state index in [-0.39, 0.29) is 6.03 Å². The molecule has 0 bridgehead atoms. The molecule has 1 N–H and O–H groups in total. The van der Waals surface area contributed by atoms with Gasteiger partial charge in [0.2, 0.25) is 0 Å². The lowest BCUT2D eigenvalue weighted by molar-refractivity contribution is 0.214. The van der Waals surface area contributed by atoms with Gasteiger partial charge in [0, 0.05) is 19.3 Å². The van der Waals surface area contributed by atoms with Crippen LogP contribution in [0.25, 0.3) is 0 Å². The second-order valence-electron chi connectivity index (χ2n) is 3.35. The molecular formula is C16H28N2O. The van der Waals surface area contributed by atoms with Gasteiger partial charge in [-0.15, -0.1) is 0 Å². The molecule has 1 saturated heterocycles. The summed E-state index contributed by atoms with van der Waals surface area (Å²) in [5, 5.41) is 2.83. The summed E-state index contributed by atoms with van der Waals surface area (Å²) in [6, 6.07) is -0.0874. The zero-order valence-electron chi connectivity index (χ0n) is 13.0. The Hall–Kier alpha value is -1.77. The molecule has 0 aliphatic carbocycles. The van der Waals surface area contributed by atoms with Crippen LogP contribution in [0.4, 0.5) is 4.79 Å².